The van der Waals surface area contributed by atoms with Gasteiger partial charge in [0.25, 0.3) is 0 Å². The molecule has 1 fully saturated rings. The molecule has 0 bridgehead atoms. The van der Waals surface area contributed by atoms with Gasteiger partial charge in [-0.05, 0) is 51.0 Å². The van der Waals surface area contributed by atoms with Crippen LogP contribution < -0.4 is 5.32 Å². The van der Waals surface area contributed by atoms with Crippen molar-refractivity contribution in [3.8, 4) is 0 Å². The first-order chi connectivity index (χ1) is 10.2. The van der Waals surface area contributed by atoms with Crippen molar-refractivity contribution >= 4 is 5.97 Å². The van der Waals surface area contributed by atoms with Crippen LogP contribution in [0.2, 0.25) is 0 Å². The molecule has 1 aromatic rings. The maximum Gasteiger partial charge on any atom is 0.306 e. The summed E-state index contributed by atoms with van der Waals surface area (Å²) in [4.78, 5) is 10.9. The molecule has 0 saturated heterocycles. The first-order valence-electron chi connectivity index (χ1n) is 8.08. The fourth-order valence-corrected chi connectivity index (χ4v) is 3.50. The SMILES string of the molecule is O=C(O)C1CCC(CNCc2nnc3n2CCCC3)CC1. The molecule has 0 spiro atoms. The van der Waals surface area contributed by atoms with Crippen molar-refractivity contribution in [3.05, 3.63) is 11.6 Å². The first kappa shape index (κ1) is 14.5. The van der Waals surface area contributed by atoms with Crippen molar-refractivity contribution in [1.82, 2.24) is 20.1 Å². The van der Waals surface area contributed by atoms with Gasteiger partial charge in [-0.25, -0.2) is 0 Å². The van der Waals surface area contributed by atoms with Crippen LogP contribution >= 0.6 is 0 Å². The van der Waals surface area contributed by atoms with Gasteiger partial charge in [-0.1, -0.05) is 0 Å². The molecule has 2 heterocycles. The molecule has 116 valence electrons. The Hall–Kier alpha value is -1.43. The second-order valence-corrected chi connectivity index (χ2v) is 6.33. The monoisotopic (exact) mass is 292 g/mol. The third-order valence-electron chi connectivity index (χ3n) is 4.85. The van der Waals surface area contributed by atoms with E-state index in [1.54, 1.807) is 0 Å². The molecule has 1 aromatic heterocycles. The lowest BCUT2D eigenvalue weighted by Gasteiger charge is -2.26. The molecule has 0 radical (unpaired) electrons. The fraction of sp³-hybridized carbons (Fsp3) is 0.800. The molecule has 6 nitrogen and oxygen atoms in total. The molecule has 0 amide bonds. The Morgan fingerprint density at radius 1 is 1.24 bits per heavy atom. The largest absolute Gasteiger partial charge is 0.481 e. The van der Waals surface area contributed by atoms with Gasteiger partial charge in [-0.2, -0.15) is 0 Å². The summed E-state index contributed by atoms with van der Waals surface area (Å²) in [5, 5.41) is 21.0. The average molecular weight is 292 g/mol. The summed E-state index contributed by atoms with van der Waals surface area (Å²) in [7, 11) is 0. The zero-order valence-electron chi connectivity index (χ0n) is 12.4. The minimum atomic E-state index is -0.628. The molecule has 2 aliphatic rings. The van der Waals surface area contributed by atoms with Gasteiger partial charge in [-0.3, -0.25) is 4.79 Å². The van der Waals surface area contributed by atoms with Crippen molar-refractivity contribution in [2.75, 3.05) is 6.54 Å². The van der Waals surface area contributed by atoms with Crippen LogP contribution in [-0.4, -0.2) is 32.4 Å². The number of hydrogen-bond acceptors (Lipinski definition) is 4. The lowest BCUT2D eigenvalue weighted by Crippen LogP contribution is -2.29. The minimum Gasteiger partial charge on any atom is -0.481 e. The van der Waals surface area contributed by atoms with Crippen LogP contribution in [0.15, 0.2) is 0 Å². The standard InChI is InChI=1S/C15H24N4O2/c20-15(21)12-6-4-11(5-7-12)9-16-10-14-18-17-13-3-1-2-8-19(13)14/h11-12,16H,1-10H2,(H,20,21). The number of aryl methyl sites for hydroxylation is 1. The van der Waals surface area contributed by atoms with Crippen LogP contribution in [0.1, 0.15) is 50.2 Å². The molecule has 1 aliphatic carbocycles. The highest BCUT2D eigenvalue weighted by molar-refractivity contribution is 5.69. The lowest BCUT2D eigenvalue weighted by molar-refractivity contribution is -0.143. The van der Waals surface area contributed by atoms with Crippen LogP contribution in [0.4, 0.5) is 0 Å². The summed E-state index contributed by atoms with van der Waals surface area (Å²) in [6, 6.07) is 0. The topological polar surface area (TPSA) is 80.0 Å². The quantitative estimate of drug-likeness (QED) is 0.861. The van der Waals surface area contributed by atoms with Gasteiger partial charge < -0.3 is 15.0 Å². The van der Waals surface area contributed by atoms with Gasteiger partial charge in [0.2, 0.25) is 0 Å². The fourth-order valence-electron chi connectivity index (χ4n) is 3.50. The molecule has 6 heteroatoms. The number of carboxylic acid groups (broad SMARTS) is 1. The zero-order valence-corrected chi connectivity index (χ0v) is 12.4. The first-order valence-corrected chi connectivity index (χ1v) is 8.08. The third kappa shape index (κ3) is 3.43. The van der Waals surface area contributed by atoms with Crippen molar-refractivity contribution < 1.29 is 9.90 Å². The third-order valence-corrected chi connectivity index (χ3v) is 4.85. The molecule has 21 heavy (non-hydrogen) atoms. The number of carboxylic acids is 1. The average Bonchev–Trinajstić information content (AvgIpc) is 2.91. The van der Waals surface area contributed by atoms with E-state index in [9.17, 15) is 4.79 Å². The number of aliphatic carboxylic acids is 1. The van der Waals surface area contributed by atoms with E-state index in [4.69, 9.17) is 5.11 Å². The zero-order chi connectivity index (χ0) is 14.7. The molecule has 3 rings (SSSR count). The van der Waals surface area contributed by atoms with Crippen molar-refractivity contribution in [2.45, 2.75) is 58.0 Å². The number of rotatable bonds is 5. The maximum atomic E-state index is 10.9. The van der Waals surface area contributed by atoms with Crippen molar-refractivity contribution in [1.29, 1.82) is 0 Å². The summed E-state index contributed by atoms with van der Waals surface area (Å²) in [5.74, 6) is 2.02. The summed E-state index contributed by atoms with van der Waals surface area (Å²) in [6.45, 7) is 2.77. The van der Waals surface area contributed by atoms with Crippen LogP contribution in [0.3, 0.4) is 0 Å². The number of hydrogen-bond donors (Lipinski definition) is 2. The van der Waals surface area contributed by atoms with E-state index in [-0.39, 0.29) is 5.92 Å². The van der Waals surface area contributed by atoms with Crippen LogP contribution in [0.25, 0.3) is 0 Å². The molecule has 1 aliphatic heterocycles. The molecule has 1 saturated carbocycles. The maximum absolute atomic E-state index is 10.9. The van der Waals surface area contributed by atoms with E-state index in [0.29, 0.717) is 5.92 Å². The molecular formula is C15H24N4O2. The van der Waals surface area contributed by atoms with Crippen molar-refractivity contribution in [2.24, 2.45) is 11.8 Å². The Morgan fingerprint density at radius 2 is 2.05 bits per heavy atom. The van der Waals surface area contributed by atoms with E-state index < -0.39 is 5.97 Å². The highest BCUT2D eigenvalue weighted by Crippen LogP contribution is 2.28. The Balaban J connectivity index is 1.43. The minimum absolute atomic E-state index is 0.121. The predicted octanol–water partition coefficient (Wildman–Crippen LogP) is 1.59. The lowest BCUT2D eigenvalue weighted by atomic mass is 9.82. The molecule has 0 unspecified atom stereocenters. The Labute approximate surface area is 124 Å². The van der Waals surface area contributed by atoms with E-state index >= 15 is 0 Å². The highest BCUT2D eigenvalue weighted by atomic mass is 16.4. The second-order valence-electron chi connectivity index (χ2n) is 6.33. The summed E-state index contributed by atoms with van der Waals surface area (Å²) in [5.41, 5.74) is 0. The highest BCUT2D eigenvalue weighted by Gasteiger charge is 2.25. The van der Waals surface area contributed by atoms with Crippen LogP contribution in [0, 0.1) is 11.8 Å². The van der Waals surface area contributed by atoms with Gasteiger partial charge >= 0.3 is 5.97 Å². The van der Waals surface area contributed by atoms with Crippen LogP contribution in [0.5, 0.6) is 0 Å². The van der Waals surface area contributed by atoms with E-state index in [1.165, 1.54) is 12.8 Å². The molecule has 0 atom stereocenters. The second kappa shape index (κ2) is 6.56. The summed E-state index contributed by atoms with van der Waals surface area (Å²) >= 11 is 0. The summed E-state index contributed by atoms with van der Waals surface area (Å²) in [6.07, 6.45) is 7.16. The van der Waals surface area contributed by atoms with Gasteiger partial charge in [0.1, 0.15) is 11.6 Å². The smallest absolute Gasteiger partial charge is 0.306 e. The van der Waals surface area contributed by atoms with Gasteiger partial charge in [-0.15, -0.1) is 10.2 Å². The molecule has 2 N–H and O–H groups in total. The van der Waals surface area contributed by atoms with E-state index in [0.717, 1.165) is 63.4 Å². The Bertz CT molecular complexity index is 492. The Kier molecular flexibility index (Phi) is 4.53. The molecular weight excluding hydrogens is 268 g/mol. The van der Waals surface area contributed by atoms with Gasteiger partial charge in [0, 0.05) is 13.0 Å². The molecule has 0 aromatic carbocycles. The number of nitrogens with zero attached hydrogens (tertiary/aromatic N) is 3. The Morgan fingerprint density at radius 3 is 2.81 bits per heavy atom. The van der Waals surface area contributed by atoms with Crippen LogP contribution in [-0.2, 0) is 24.3 Å². The number of carbonyl (C=O) groups is 1. The van der Waals surface area contributed by atoms with Crippen molar-refractivity contribution in [3.63, 3.8) is 0 Å². The number of fused-ring (bicyclic) bond motifs is 1. The van der Waals surface area contributed by atoms with E-state index in [2.05, 4.69) is 20.1 Å². The normalized spacial score (nSPS) is 25.5. The summed E-state index contributed by atoms with van der Waals surface area (Å²) < 4.78 is 2.25. The number of nitrogens with one attached hydrogen (secondary N) is 1. The number of aromatic nitrogens is 3. The van der Waals surface area contributed by atoms with E-state index in [1.807, 2.05) is 0 Å². The predicted molar refractivity (Wildman–Crippen MR) is 77.8 cm³/mol. The van der Waals surface area contributed by atoms with Gasteiger partial charge in [0.05, 0.1) is 12.5 Å². The van der Waals surface area contributed by atoms with Gasteiger partial charge in [0.15, 0.2) is 0 Å².